The zero-order valence-electron chi connectivity index (χ0n) is 13.8. The molecule has 0 radical (unpaired) electrons. The fraction of sp³-hybridized carbons (Fsp3) is 0.167. The number of fused-ring (bicyclic) bond motifs is 1. The second-order valence-corrected chi connectivity index (χ2v) is 7.93. The van der Waals surface area contributed by atoms with Crippen molar-refractivity contribution in [3.05, 3.63) is 63.5 Å². The summed E-state index contributed by atoms with van der Waals surface area (Å²) in [7, 11) is 1.89. The van der Waals surface area contributed by atoms with Crippen molar-refractivity contribution in [1.82, 2.24) is 19.7 Å². The van der Waals surface area contributed by atoms with Crippen molar-refractivity contribution in [3.63, 3.8) is 0 Å². The molecule has 4 rings (SSSR count). The molecule has 0 amide bonds. The summed E-state index contributed by atoms with van der Waals surface area (Å²) >= 11 is 3.08. The fourth-order valence-corrected chi connectivity index (χ4v) is 4.69. The number of H-pyrrole nitrogens is 1. The third-order valence-electron chi connectivity index (χ3n) is 3.91. The van der Waals surface area contributed by atoms with Crippen LogP contribution in [0, 0.1) is 6.92 Å². The van der Waals surface area contributed by atoms with Gasteiger partial charge in [0.25, 0.3) is 5.56 Å². The van der Waals surface area contributed by atoms with Gasteiger partial charge in [-0.25, -0.2) is 4.98 Å². The van der Waals surface area contributed by atoms with E-state index in [2.05, 4.69) is 15.1 Å². The number of hydrogen-bond donors (Lipinski definition) is 1. The average molecular weight is 368 g/mol. The number of aromatic amines is 1. The van der Waals surface area contributed by atoms with Gasteiger partial charge in [0.05, 0.1) is 11.6 Å². The van der Waals surface area contributed by atoms with Crippen LogP contribution in [-0.4, -0.2) is 19.7 Å². The minimum absolute atomic E-state index is 0.0816. The molecule has 126 valence electrons. The van der Waals surface area contributed by atoms with E-state index in [1.807, 2.05) is 56.7 Å². The van der Waals surface area contributed by atoms with Crippen LogP contribution in [0.1, 0.15) is 10.4 Å². The first kappa shape index (κ1) is 16.1. The van der Waals surface area contributed by atoms with E-state index in [-0.39, 0.29) is 5.56 Å². The Morgan fingerprint density at radius 3 is 2.80 bits per heavy atom. The van der Waals surface area contributed by atoms with E-state index < -0.39 is 0 Å². The predicted molar refractivity (Wildman–Crippen MR) is 103 cm³/mol. The maximum Gasteiger partial charge on any atom is 0.260 e. The molecule has 0 aliphatic carbocycles. The van der Waals surface area contributed by atoms with Gasteiger partial charge in [-0.05, 0) is 12.5 Å². The zero-order chi connectivity index (χ0) is 17.4. The molecule has 3 heterocycles. The van der Waals surface area contributed by atoms with Gasteiger partial charge in [-0.1, -0.05) is 42.1 Å². The number of thiophene rings is 1. The Labute approximate surface area is 152 Å². The summed E-state index contributed by atoms with van der Waals surface area (Å²) < 4.78 is 1.77. The van der Waals surface area contributed by atoms with Gasteiger partial charge in [0.1, 0.15) is 4.83 Å². The molecule has 0 spiro atoms. The smallest absolute Gasteiger partial charge is 0.260 e. The lowest BCUT2D eigenvalue weighted by atomic mass is 10.0. The molecule has 0 fully saturated rings. The number of hydrogen-bond acceptors (Lipinski definition) is 5. The molecule has 0 aliphatic heterocycles. The Morgan fingerprint density at radius 1 is 1.28 bits per heavy atom. The van der Waals surface area contributed by atoms with Crippen LogP contribution in [0.5, 0.6) is 0 Å². The van der Waals surface area contributed by atoms with E-state index in [9.17, 15) is 4.79 Å². The zero-order valence-corrected chi connectivity index (χ0v) is 15.4. The summed E-state index contributed by atoms with van der Waals surface area (Å²) in [6.07, 6.45) is 3.79. The van der Waals surface area contributed by atoms with Crippen LogP contribution in [-0.2, 0) is 12.8 Å². The lowest BCUT2D eigenvalue weighted by Gasteiger charge is -2.02. The highest BCUT2D eigenvalue weighted by Gasteiger charge is 2.16. The van der Waals surface area contributed by atoms with Crippen molar-refractivity contribution in [3.8, 4) is 11.1 Å². The quantitative estimate of drug-likeness (QED) is 0.437. The van der Waals surface area contributed by atoms with E-state index >= 15 is 0 Å². The molecule has 0 saturated carbocycles. The van der Waals surface area contributed by atoms with Gasteiger partial charge in [-0.15, -0.1) is 11.3 Å². The third kappa shape index (κ3) is 3.12. The van der Waals surface area contributed by atoms with Crippen molar-refractivity contribution >= 4 is 33.3 Å². The van der Waals surface area contributed by atoms with Crippen LogP contribution in [0.4, 0.5) is 0 Å². The largest absolute Gasteiger partial charge is 0.301 e. The maximum atomic E-state index is 12.7. The van der Waals surface area contributed by atoms with Crippen molar-refractivity contribution in [2.24, 2.45) is 7.05 Å². The molecule has 0 saturated heterocycles. The summed E-state index contributed by atoms with van der Waals surface area (Å²) in [5.74, 6) is 0.720. The molecule has 0 unspecified atom stereocenters. The molecule has 5 nitrogen and oxygen atoms in total. The van der Waals surface area contributed by atoms with E-state index in [0.717, 1.165) is 32.2 Å². The molecule has 7 heteroatoms. The van der Waals surface area contributed by atoms with Gasteiger partial charge in [0.2, 0.25) is 0 Å². The Bertz CT molecular complexity index is 1100. The van der Waals surface area contributed by atoms with Crippen LogP contribution in [0.3, 0.4) is 0 Å². The molecule has 1 N–H and O–H groups in total. The van der Waals surface area contributed by atoms with Gasteiger partial charge >= 0.3 is 0 Å². The summed E-state index contributed by atoms with van der Waals surface area (Å²) in [6, 6.07) is 10.00. The molecule has 0 aliphatic rings. The highest BCUT2D eigenvalue weighted by molar-refractivity contribution is 7.98. The SMILES string of the molecule is Cc1sc2nc(SCc3cnn(C)c3)[nH]c(=O)c2c1-c1ccccc1. The number of rotatable bonds is 4. The molecular formula is C18H16N4OS2. The van der Waals surface area contributed by atoms with Crippen LogP contribution in [0.2, 0.25) is 0 Å². The molecule has 1 aromatic carbocycles. The van der Waals surface area contributed by atoms with E-state index in [0.29, 0.717) is 10.5 Å². The highest BCUT2D eigenvalue weighted by Crippen LogP contribution is 2.36. The molecule has 4 aromatic rings. The molecule has 0 bridgehead atoms. The first-order chi connectivity index (χ1) is 12.1. The van der Waals surface area contributed by atoms with Gasteiger partial charge in [-0.2, -0.15) is 5.10 Å². The summed E-state index contributed by atoms with van der Waals surface area (Å²) in [6.45, 7) is 2.04. The number of benzene rings is 1. The Hall–Kier alpha value is -2.38. The lowest BCUT2D eigenvalue weighted by molar-refractivity contribution is 0.767. The molecule has 3 aromatic heterocycles. The monoisotopic (exact) mass is 368 g/mol. The van der Waals surface area contributed by atoms with Gasteiger partial charge in [0.15, 0.2) is 5.16 Å². The standard InChI is InChI=1S/C18H16N4OS2/c1-11-14(13-6-4-3-5-7-13)15-16(23)20-18(21-17(15)25-11)24-10-12-8-19-22(2)9-12/h3-9H,10H2,1-2H3,(H,20,21,23). The van der Waals surface area contributed by atoms with Crippen LogP contribution >= 0.6 is 23.1 Å². The number of aryl methyl sites for hydroxylation is 2. The number of thioether (sulfide) groups is 1. The van der Waals surface area contributed by atoms with E-state index in [4.69, 9.17) is 0 Å². The number of nitrogens with one attached hydrogen (secondary N) is 1. The van der Waals surface area contributed by atoms with Crippen LogP contribution in [0.25, 0.3) is 21.3 Å². The van der Waals surface area contributed by atoms with Crippen molar-refractivity contribution in [1.29, 1.82) is 0 Å². The highest BCUT2D eigenvalue weighted by atomic mass is 32.2. The first-order valence-corrected chi connectivity index (χ1v) is 9.61. The van der Waals surface area contributed by atoms with Crippen molar-refractivity contribution in [2.75, 3.05) is 0 Å². The topological polar surface area (TPSA) is 63.6 Å². The minimum Gasteiger partial charge on any atom is -0.301 e. The molecule has 0 atom stereocenters. The maximum absolute atomic E-state index is 12.7. The average Bonchev–Trinajstić information content (AvgIpc) is 3.16. The molecule has 25 heavy (non-hydrogen) atoms. The predicted octanol–water partition coefficient (Wildman–Crippen LogP) is 3.99. The van der Waals surface area contributed by atoms with Gasteiger partial charge in [-0.3, -0.25) is 9.48 Å². The van der Waals surface area contributed by atoms with Gasteiger partial charge in [0, 0.05) is 35.0 Å². The van der Waals surface area contributed by atoms with E-state index in [1.54, 1.807) is 16.0 Å². The lowest BCUT2D eigenvalue weighted by Crippen LogP contribution is -2.08. The molecular weight excluding hydrogens is 352 g/mol. The van der Waals surface area contributed by atoms with Crippen molar-refractivity contribution in [2.45, 2.75) is 17.8 Å². The summed E-state index contributed by atoms with van der Waals surface area (Å²) in [5, 5.41) is 5.48. The fourth-order valence-electron chi connectivity index (χ4n) is 2.82. The first-order valence-electron chi connectivity index (χ1n) is 7.81. The summed E-state index contributed by atoms with van der Waals surface area (Å²) in [4.78, 5) is 22.2. The number of nitrogens with zero attached hydrogens (tertiary/aromatic N) is 3. The van der Waals surface area contributed by atoms with Crippen LogP contribution in [0.15, 0.2) is 52.7 Å². The summed E-state index contributed by atoms with van der Waals surface area (Å²) in [5.41, 5.74) is 3.05. The second kappa shape index (κ2) is 6.50. The Morgan fingerprint density at radius 2 is 2.08 bits per heavy atom. The van der Waals surface area contributed by atoms with Gasteiger partial charge < -0.3 is 4.98 Å². The van der Waals surface area contributed by atoms with E-state index in [1.165, 1.54) is 11.8 Å². The Balaban J connectivity index is 1.72. The number of aromatic nitrogens is 4. The van der Waals surface area contributed by atoms with Crippen molar-refractivity contribution < 1.29 is 0 Å². The normalized spacial score (nSPS) is 11.3. The Kier molecular flexibility index (Phi) is 4.19. The third-order valence-corrected chi connectivity index (χ3v) is 5.86. The second-order valence-electron chi connectivity index (χ2n) is 5.76. The minimum atomic E-state index is -0.0816. The van der Waals surface area contributed by atoms with Crippen LogP contribution < -0.4 is 5.56 Å².